The van der Waals surface area contributed by atoms with E-state index in [1.54, 1.807) is 14.2 Å². The number of nitrogens with two attached hydrogens (primary N) is 1. The van der Waals surface area contributed by atoms with Crippen LogP contribution in [0, 0.1) is 5.92 Å². The first-order valence-corrected chi connectivity index (χ1v) is 6.94. The zero-order valence-electron chi connectivity index (χ0n) is 12.4. The van der Waals surface area contributed by atoms with Crippen LogP contribution in [-0.2, 0) is 9.47 Å². The monoisotopic (exact) mass is 269 g/mol. The van der Waals surface area contributed by atoms with Crippen molar-refractivity contribution >= 4 is 0 Å². The molecule has 0 saturated heterocycles. The standard InChI is InChI=1S/C15H27NO3/c1-5-6-8-15(19-4)9-7-12(18-3)10-13(15)14(17)11(2)16/h7,9-11,13-14,17H,5-6,8,16H2,1-4H3. The summed E-state index contributed by atoms with van der Waals surface area (Å²) >= 11 is 0. The highest BCUT2D eigenvalue weighted by atomic mass is 16.5. The molecule has 0 aromatic rings. The molecule has 0 aromatic carbocycles. The Bertz CT molecular complexity index is 338. The average Bonchev–Trinajstić information content (AvgIpc) is 2.44. The third-order valence-electron chi connectivity index (χ3n) is 3.88. The summed E-state index contributed by atoms with van der Waals surface area (Å²) in [5, 5.41) is 10.4. The van der Waals surface area contributed by atoms with E-state index in [4.69, 9.17) is 15.2 Å². The number of methoxy groups -OCH3 is 2. The molecular formula is C15H27NO3. The van der Waals surface area contributed by atoms with Crippen molar-refractivity contribution in [3.05, 3.63) is 24.0 Å². The summed E-state index contributed by atoms with van der Waals surface area (Å²) in [5.41, 5.74) is 5.36. The molecule has 4 heteroatoms. The van der Waals surface area contributed by atoms with Crippen LogP contribution in [0.3, 0.4) is 0 Å². The first-order chi connectivity index (χ1) is 9.00. The van der Waals surface area contributed by atoms with Crippen LogP contribution in [-0.4, -0.2) is 37.1 Å². The van der Waals surface area contributed by atoms with Crippen molar-refractivity contribution in [1.82, 2.24) is 0 Å². The Morgan fingerprint density at radius 2 is 2.16 bits per heavy atom. The lowest BCUT2D eigenvalue weighted by Gasteiger charge is -2.41. The molecule has 0 radical (unpaired) electrons. The number of hydrogen-bond acceptors (Lipinski definition) is 4. The summed E-state index contributed by atoms with van der Waals surface area (Å²) < 4.78 is 11.0. The van der Waals surface area contributed by atoms with Crippen molar-refractivity contribution in [2.24, 2.45) is 11.7 Å². The fourth-order valence-electron chi connectivity index (χ4n) is 2.57. The van der Waals surface area contributed by atoms with Crippen LogP contribution in [0.15, 0.2) is 24.0 Å². The van der Waals surface area contributed by atoms with Gasteiger partial charge in [-0.15, -0.1) is 0 Å². The lowest BCUT2D eigenvalue weighted by Crippen LogP contribution is -2.50. The fourth-order valence-corrected chi connectivity index (χ4v) is 2.57. The molecule has 110 valence electrons. The van der Waals surface area contributed by atoms with E-state index in [0.29, 0.717) is 0 Å². The molecule has 1 aliphatic rings. The van der Waals surface area contributed by atoms with Gasteiger partial charge in [-0.05, 0) is 31.6 Å². The van der Waals surface area contributed by atoms with Crippen LogP contribution in [0.25, 0.3) is 0 Å². The lowest BCUT2D eigenvalue weighted by atomic mass is 9.75. The predicted octanol–water partition coefficient (Wildman–Crippen LogP) is 1.99. The molecule has 0 aromatic heterocycles. The Morgan fingerprint density at radius 1 is 1.47 bits per heavy atom. The Morgan fingerprint density at radius 3 is 2.63 bits per heavy atom. The number of aliphatic hydroxyl groups is 1. The molecule has 1 rings (SSSR count). The number of aliphatic hydroxyl groups excluding tert-OH is 1. The van der Waals surface area contributed by atoms with Crippen molar-refractivity contribution < 1.29 is 14.6 Å². The number of unbranched alkanes of at least 4 members (excludes halogenated alkanes) is 1. The molecule has 0 aliphatic heterocycles. The van der Waals surface area contributed by atoms with Gasteiger partial charge in [0.15, 0.2) is 0 Å². The molecule has 4 unspecified atom stereocenters. The number of ether oxygens (including phenoxy) is 2. The molecular weight excluding hydrogens is 242 g/mol. The Kier molecular flexibility index (Phi) is 6.04. The minimum atomic E-state index is -0.660. The minimum absolute atomic E-state index is 0.191. The number of hydrogen-bond donors (Lipinski definition) is 2. The molecule has 4 nitrogen and oxygen atoms in total. The predicted molar refractivity (Wildman–Crippen MR) is 76.6 cm³/mol. The van der Waals surface area contributed by atoms with Crippen LogP contribution in [0.2, 0.25) is 0 Å². The maximum Gasteiger partial charge on any atom is 0.115 e. The van der Waals surface area contributed by atoms with Gasteiger partial charge in [0.2, 0.25) is 0 Å². The first kappa shape index (κ1) is 16.2. The van der Waals surface area contributed by atoms with Gasteiger partial charge in [-0.3, -0.25) is 0 Å². The molecule has 0 bridgehead atoms. The van der Waals surface area contributed by atoms with E-state index >= 15 is 0 Å². The highest BCUT2D eigenvalue weighted by molar-refractivity contribution is 5.28. The molecule has 0 amide bonds. The van der Waals surface area contributed by atoms with Gasteiger partial charge in [0.1, 0.15) is 5.76 Å². The number of rotatable bonds is 7. The molecule has 1 aliphatic carbocycles. The second-order valence-electron chi connectivity index (χ2n) is 5.24. The van der Waals surface area contributed by atoms with E-state index in [1.807, 2.05) is 25.2 Å². The van der Waals surface area contributed by atoms with E-state index in [2.05, 4.69) is 6.92 Å². The second kappa shape index (κ2) is 7.08. The lowest BCUT2D eigenvalue weighted by molar-refractivity contribution is -0.0612. The maximum absolute atomic E-state index is 10.4. The van der Waals surface area contributed by atoms with E-state index in [0.717, 1.165) is 25.0 Å². The van der Waals surface area contributed by atoms with Gasteiger partial charge >= 0.3 is 0 Å². The molecule has 0 heterocycles. The zero-order chi connectivity index (χ0) is 14.5. The Balaban J connectivity index is 3.05. The summed E-state index contributed by atoms with van der Waals surface area (Å²) in [7, 11) is 3.31. The Labute approximate surface area is 116 Å². The van der Waals surface area contributed by atoms with Crippen molar-refractivity contribution in [2.75, 3.05) is 14.2 Å². The topological polar surface area (TPSA) is 64.7 Å². The van der Waals surface area contributed by atoms with E-state index < -0.39 is 11.7 Å². The largest absolute Gasteiger partial charge is 0.497 e. The quantitative estimate of drug-likeness (QED) is 0.742. The summed E-state index contributed by atoms with van der Waals surface area (Å²) in [6.45, 7) is 3.95. The summed E-state index contributed by atoms with van der Waals surface area (Å²) in [6.07, 6.45) is 8.15. The molecule has 0 spiro atoms. The van der Waals surface area contributed by atoms with Gasteiger partial charge < -0.3 is 20.3 Å². The fraction of sp³-hybridized carbons (Fsp3) is 0.733. The molecule has 19 heavy (non-hydrogen) atoms. The molecule has 0 fully saturated rings. The van der Waals surface area contributed by atoms with Crippen LogP contribution >= 0.6 is 0 Å². The highest BCUT2D eigenvalue weighted by Crippen LogP contribution is 2.37. The van der Waals surface area contributed by atoms with Crippen LogP contribution in [0.1, 0.15) is 33.1 Å². The summed E-state index contributed by atoms with van der Waals surface area (Å²) in [4.78, 5) is 0. The van der Waals surface area contributed by atoms with Gasteiger partial charge in [0.25, 0.3) is 0 Å². The SMILES string of the molecule is CCCCC1(OC)C=CC(OC)=CC1C(O)C(C)N. The van der Waals surface area contributed by atoms with E-state index in [-0.39, 0.29) is 12.0 Å². The minimum Gasteiger partial charge on any atom is -0.497 e. The average molecular weight is 269 g/mol. The van der Waals surface area contributed by atoms with E-state index in [1.165, 1.54) is 0 Å². The summed E-state index contributed by atoms with van der Waals surface area (Å²) in [5.74, 6) is 0.554. The van der Waals surface area contributed by atoms with Gasteiger partial charge in [0.05, 0.1) is 18.8 Å². The first-order valence-electron chi connectivity index (χ1n) is 6.94. The third-order valence-corrected chi connectivity index (χ3v) is 3.88. The van der Waals surface area contributed by atoms with Gasteiger partial charge in [-0.1, -0.05) is 19.8 Å². The van der Waals surface area contributed by atoms with Crippen LogP contribution in [0.4, 0.5) is 0 Å². The summed E-state index contributed by atoms with van der Waals surface area (Å²) in [6, 6.07) is -0.318. The van der Waals surface area contributed by atoms with Crippen LogP contribution < -0.4 is 5.73 Å². The normalized spacial score (nSPS) is 29.8. The molecule has 4 atom stereocenters. The van der Waals surface area contributed by atoms with E-state index in [9.17, 15) is 5.11 Å². The second-order valence-corrected chi connectivity index (χ2v) is 5.24. The van der Waals surface area contributed by atoms with Crippen LogP contribution in [0.5, 0.6) is 0 Å². The Hall–Kier alpha value is -0.840. The van der Waals surface area contributed by atoms with Gasteiger partial charge in [-0.2, -0.15) is 0 Å². The van der Waals surface area contributed by atoms with Gasteiger partial charge in [0, 0.05) is 19.1 Å². The van der Waals surface area contributed by atoms with Crippen molar-refractivity contribution in [2.45, 2.75) is 50.9 Å². The smallest absolute Gasteiger partial charge is 0.115 e. The maximum atomic E-state index is 10.4. The van der Waals surface area contributed by atoms with Gasteiger partial charge in [-0.25, -0.2) is 0 Å². The zero-order valence-corrected chi connectivity index (χ0v) is 12.4. The van der Waals surface area contributed by atoms with Crippen molar-refractivity contribution in [1.29, 1.82) is 0 Å². The molecule has 0 saturated carbocycles. The van der Waals surface area contributed by atoms with Crippen molar-refractivity contribution in [3.63, 3.8) is 0 Å². The highest BCUT2D eigenvalue weighted by Gasteiger charge is 2.42. The third kappa shape index (κ3) is 3.59. The number of allylic oxidation sites excluding steroid dienone is 1. The van der Waals surface area contributed by atoms with Crippen molar-refractivity contribution in [3.8, 4) is 0 Å². The molecule has 3 N–H and O–H groups in total.